The van der Waals surface area contributed by atoms with Gasteiger partial charge >= 0.3 is 5.97 Å². The van der Waals surface area contributed by atoms with Gasteiger partial charge in [0.2, 0.25) is 0 Å². The van der Waals surface area contributed by atoms with Gasteiger partial charge in [-0.15, -0.1) is 0 Å². The van der Waals surface area contributed by atoms with E-state index in [4.69, 9.17) is 5.11 Å². The number of carbonyl (C=O) groups is 1. The number of carboxylic acid groups (broad SMARTS) is 1. The Labute approximate surface area is 117 Å². The fraction of sp³-hybridized carbons (Fsp3) is 0.467. The predicted molar refractivity (Wildman–Crippen MR) is 75.4 cm³/mol. The lowest BCUT2D eigenvalue weighted by atomic mass is 9.93. The molecule has 106 valence electrons. The molecule has 0 unspecified atom stereocenters. The zero-order valence-corrected chi connectivity index (χ0v) is 11.4. The number of aromatic nitrogens is 2. The van der Waals surface area contributed by atoms with Crippen LogP contribution >= 0.6 is 0 Å². The third kappa shape index (κ3) is 2.99. The van der Waals surface area contributed by atoms with E-state index in [1.54, 1.807) is 0 Å². The Morgan fingerprint density at radius 2 is 2.15 bits per heavy atom. The van der Waals surface area contributed by atoms with Gasteiger partial charge in [-0.05, 0) is 44.0 Å². The first-order valence-corrected chi connectivity index (χ1v) is 7.07. The van der Waals surface area contributed by atoms with Gasteiger partial charge < -0.3 is 9.51 Å². The molecule has 2 aromatic heterocycles. The maximum absolute atomic E-state index is 10.7. The van der Waals surface area contributed by atoms with E-state index >= 15 is 0 Å². The second-order valence-electron chi connectivity index (χ2n) is 5.52. The number of rotatable bonds is 4. The maximum Gasteiger partial charge on any atom is 0.303 e. The van der Waals surface area contributed by atoms with Crippen LogP contribution in [0, 0.1) is 5.92 Å². The lowest BCUT2D eigenvalue weighted by Crippen LogP contribution is -2.34. The molecule has 0 aromatic carbocycles. The molecule has 1 N–H and O–H groups in total. The number of hydrogen-bond donors (Lipinski definition) is 1. The van der Waals surface area contributed by atoms with Crippen molar-refractivity contribution in [3.8, 4) is 0 Å². The minimum Gasteiger partial charge on any atom is -0.481 e. The molecule has 0 bridgehead atoms. The number of nitrogens with zero attached hydrogens (tertiary/aromatic N) is 3. The maximum atomic E-state index is 10.7. The summed E-state index contributed by atoms with van der Waals surface area (Å²) in [5.74, 6) is -0.339. The molecule has 0 amide bonds. The largest absolute Gasteiger partial charge is 0.481 e. The molecule has 0 saturated carbocycles. The summed E-state index contributed by atoms with van der Waals surface area (Å²) in [5, 5.41) is 8.82. The van der Waals surface area contributed by atoms with Crippen LogP contribution in [0.1, 0.15) is 25.0 Å². The summed E-state index contributed by atoms with van der Waals surface area (Å²) in [6, 6.07) is 5.99. The van der Waals surface area contributed by atoms with Crippen LogP contribution in [-0.4, -0.2) is 38.4 Å². The molecule has 1 aliphatic heterocycles. The zero-order valence-electron chi connectivity index (χ0n) is 11.4. The van der Waals surface area contributed by atoms with E-state index in [1.807, 2.05) is 28.8 Å². The summed E-state index contributed by atoms with van der Waals surface area (Å²) in [7, 11) is 0. The molecule has 3 rings (SSSR count). The SMILES string of the molecule is O=C(O)CC1CCN(Cc2cn3ccccc3n2)CC1. The summed E-state index contributed by atoms with van der Waals surface area (Å²) in [5.41, 5.74) is 2.05. The highest BCUT2D eigenvalue weighted by atomic mass is 16.4. The van der Waals surface area contributed by atoms with E-state index < -0.39 is 5.97 Å². The Hall–Kier alpha value is -1.88. The van der Waals surface area contributed by atoms with Crippen LogP contribution in [0.4, 0.5) is 0 Å². The number of pyridine rings is 1. The molecule has 0 spiro atoms. The van der Waals surface area contributed by atoms with Crippen molar-refractivity contribution in [2.75, 3.05) is 13.1 Å². The fourth-order valence-electron chi connectivity index (χ4n) is 2.89. The second-order valence-corrected chi connectivity index (χ2v) is 5.52. The van der Waals surface area contributed by atoms with Gasteiger partial charge in [0.25, 0.3) is 0 Å². The Morgan fingerprint density at radius 1 is 1.35 bits per heavy atom. The van der Waals surface area contributed by atoms with E-state index in [-0.39, 0.29) is 0 Å². The highest BCUT2D eigenvalue weighted by molar-refractivity contribution is 5.67. The van der Waals surface area contributed by atoms with E-state index in [9.17, 15) is 4.79 Å². The van der Waals surface area contributed by atoms with Gasteiger partial charge in [-0.1, -0.05) is 6.07 Å². The molecule has 5 heteroatoms. The molecule has 0 radical (unpaired) electrons. The van der Waals surface area contributed by atoms with Gasteiger partial charge in [-0.3, -0.25) is 9.69 Å². The average molecular weight is 273 g/mol. The van der Waals surface area contributed by atoms with Crippen LogP contribution in [0.15, 0.2) is 30.6 Å². The molecule has 0 aliphatic carbocycles. The Balaban J connectivity index is 1.58. The van der Waals surface area contributed by atoms with Crippen molar-refractivity contribution in [2.45, 2.75) is 25.8 Å². The number of aliphatic carboxylic acids is 1. The van der Waals surface area contributed by atoms with E-state index in [2.05, 4.69) is 16.1 Å². The van der Waals surface area contributed by atoms with Crippen LogP contribution in [0.5, 0.6) is 0 Å². The smallest absolute Gasteiger partial charge is 0.303 e. The number of fused-ring (bicyclic) bond motifs is 1. The van der Waals surface area contributed by atoms with Crippen molar-refractivity contribution in [3.63, 3.8) is 0 Å². The first kappa shape index (κ1) is 13.1. The Morgan fingerprint density at radius 3 is 2.85 bits per heavy atom. The van der Waals surface area contributed by atoms with Gasteiger partial charge in [0, 0.05) is 25.4 Å². The van der Waals surface area contributed by atoms with E-state index in [1.165, 1.54) is 0 Å². The van der Waals surface area contributed by atoms with Crippen LogP contribution in [0.25, 0.3) is 5.65 Å². The molecule has 1 fully saturated rings. The summed E-state index contributed by atoms with van der Waals surface area (Å²) in [6.45, 7) is 2.78. The number of imidazole rings is 1. The van der Waals surface area contributed by atoms with Crippen LogP contribution < -0.4 is 0 Å². The predicted octanol–water partition coefficient (Wildman–Crippen LogP) is 2.02. The third-order valence-electron chi connectivity index (χ3n) is 3.97. The van der Waals surface area contributed by atoms with Gasteiger partial charge in [0.05, 0.1) is 5.69 Å². The fourth-order valence-corrected chi connectivity index (χ4v) is 2.89. The first-order valence-electron chi connectivity index (χ1n) is 7.07. The van der Waals surface area contributed by atoms with Crippen molar-refractivity contribution < 1.29 is 9.90 Å². The zero-order chi connectivity index (χ0) is 13.9. The van der Waals surface area contributed by atoms with Crippen molar-refractivity contribution in [2.24, 2.45) is 5.92 Å². The molecular weight excluding hydrogens is 254 g/mol. The van der Waals surface area contributed by atoms with Gasteiger partial charge in [-0.2, -0.15) is 0 Å². The third-order valence-corrected chi connectivity index (χ3v) is 3.97. The normalized spacial score (nSPS) is 17.6. The summed E-state index contributed by atoms with van der Waals surface area (Å²) in [4.78, 5) is 17.7. The van der Waals surface area contributed by atoms with Crippen molar-refractivity contribution >= 4 is 11.6 Å². The van der Waals surface area contributed by atoms with Crippen LogP contribution in [0.3, 0.4) is 0 Å². The molecule has 2 aromatic rings. The minimum atomic E-state index is -0.677. The molecule has 20 heavy (non-hydrogen) atoms. The molecule has 1 aliphatic rings. The van der Waals surface area contributed by atoms with Crippen molar-refractivity contribution in [1.29, 1.82) is 0 Å². The monoisotopic (exact) mass is 273 g/mol. The standard InChI is InChI=1S/C15H19N3O2/c19-15(20)9-12-4-7-17(8-5-12)10-13-11-18-6-2-1-3-14(18)16-13/h1-3,6,11-12H,4-5,7-10H2,(H,19,20). The highest BCUT2D eigenvalue weighted by Gasteiger charge is 2.21. The summed E-state index contributed by atoms with van der Waals surface area (Å²) >= 11 is 0. The first-order chi connectivity index (χ1) is 9.70. The van der Waals surface area contributed by atoms with Crippen LogP contribution in [-0.2, 0) is 11.3 Å². The van der Waals surface area contributed by atoms with Gasteiger partial charge in [-0.25, -0.2) is 4.98 Å². The van der Waals surface area contributed by atoms with E-state index in [0.29, 0.717) is 12.3 Å². The lowest BCUT2D eigenvalue weighted by molar-refractivity contribution is -0.138. The van der Waals surface area contributed by atoms with Gasteiger partial charge in [0.1, 0.15) is 5.65 Å². The Kier molecular flexibility index (Phi) is 3.69. The average Bonchev–Trinajstić information content (AvgIpc) is 2.82. The summed E-state index contributed by atoms with van der Waals surface area (Å²) < 4.78 is 2.03. The Bertz CT molecular complexity index is 567. The molecule has 1 saturated heterocycles. The van der Waals surface area contributed by atoms with Crippen LogP contribution in [0.2, 0.25) is 0 Å². The van der Waals surface area contributed by atoms with E-state index in [0.717, 1.165) is 43.8 Å². The second kappa shape index (κ2) is 5.63. The number of likely N-dealkylation sites (tertiary alicyclic amines) is 1. The molecule has 5 nitrogen and oxygen atoms in total. The summed E-state index contributed by atoms with van der Waals surface area (Å²) in [6.07, 6.45) is 6.32. The van der Waals surface area contributed by atoms with Crippen molar-refractivity contribution in [3.05, 3.63) is 36.3 Å². The quantitative estimate of drug-likeness (QED) is 0.926. The number of piperidine rings is 1. The molecule has 3 heterocycles. The highest BCUT2D eigenvalue weighted by Crippen LogP contribution is 2.21. The lowest BCUT2D eigenvalue weighted by Gasteiger charge is -2.30. The minimum absolute atomic E-state index is 0.308. The molecule has 0 atom stereocenters. The number of carboxylic acids is 1. The van der Waals surface area contributed by atoms with Crippen molar-refractivity contribution in [1.82, 2.24) is 14.3 Å². The number of hydrogen-bond acceptors (Lipinski definition) is 3. The molecular formula is C15H19N3O2. The topological polar surface area (TPSA) is 57.8 Å². The van der Waals surface area contributed by atoms with Gasteiger partial charge in [0.15, 0.2) is 0 Å².